The molecule has 0 spiro atoms. The van der Waals surface area contributed by atoms with Gasteiger partial charge in [0.1, 0.15) is 5.75 Å². The van der Waals surface area contributed by atoms with Crippen molar-refractivity contribution in [2.45, 2.75) is 45.4 Å². The highest BCUT2D eigenvalue weighted by atomic mass is 16.5. The van der Waals surface area contributed by atoms with Crippen LogP contribution < -0.4 is 14.5 Å². The Labute approximate surface area is 221 Å². The molecule has 0 radical (unpaired) electrons. The van der Waals surface area contributed by atoms with E-state index in [-0.39, 0.29) is 17.8 Å². The molecule has 37 heavy (non-hydrogen) atoms. The molecule has 4 rings (SSSR count). The van der Waals surface area contributed by atoms with Crippen molar-refractivity contribution in [1.29, 1.82) is 0 Å². The van der Waals surface area contributed by atoms with Crippen LogP contribution in [-0.4, -0.2) is 69.8 Å². The second-order valence-electron chi connectivity index (χ2n) is 9.98. The lowest BCUT2D eigenvalue weighted by atomic mass is 9.88. The lowest BCUT2D eigenvalue weighted by Crippen LogP contribution is -2.50. The van der Waals surface area contributed by atoms with Gasteiger partial charge < -0.3 is 19.3 Å². The SMILES string of the molecule is CCCOC(=O)c1ccccc1N(CCN1CCN(c2ccccc2OC)CC1)C(=O)C1CCCCC1. The van der Waals surface area contributed by atoms with E-state index in [4.69, 9.17) is 9.47 Å². The van der Waals surface area contributed by atoms with Crippen molar-refractivity contribution in [2.24, 2.45) is 5.92 Å². The molecule has 0 atom stereocenters. The van der Waals surface area contributed by atoms with E-state index in [1.807, 2.05) is 48.2 Å². The smallest absolute Gasteiger partial charge is 0.340 e. The number of hydrogen-bond donors (Lipinski definition) is 0. The number of benzene rings is 2. The molecular weight excluding hydrogens is 466 g/mol. The van der Waals surface area contributed by atoms with Gasteiger partial charge in [-0.15, -0.1) is 0 Å². The van der Waals surface area contributed by atoms with Crippen LogP contribution in [0.25, 0.3) is 0 Å². The molecule has 0 unspecified atom stereocenters. The Balaban J connectivity index is 1.46. The molecule has 0 bridgehead atoms. The van der Waals surface area contributed by atoms with Crippen molar-refractivity contribution in [1.82, 2.24) is 4.90 Å². The monoisotopic (exact) mass is 507 g/mol. The van der Waals surface area contributed by atoms with Gasteiger partial charge >= 0.3 is 5.97 Å². The highest BCUT2D eigenvalue weighted by Crippen LogP contribution is 2.31. The minimum atomic E-state index is -0.357. The Hall–Kier alpha value is -3.06. The summed E-state index contributed by atoms with van der Waals surface area (Å²) in [6.07, 6.45) is 6.00. The summed E-state index contributed by atoms with van der Waals surface area (Å²) in [5.41, 5.74) is 2.27. The molecule has 1 aliphatic carbocycles. The van der Waals surface area contributed by atoms with Crippen LogP contribution in [0.15, 0.2) is 48.5 Å². The molecule has 2 fully saturated rings. The van der Waals surface area contributed by atoms with Crippen LogP contribution in [0, 0.1) is 5.92 Å². The molecule has 1 aliphatic heterocycles. The average Bonchev–Trinajstić information content (AvgIpc) is 2.97. The first kappa shape index (κ1) is 27.0. The maximum absolute atomic E-state index is 13.8. The number of carbonyl (C=O) groups is 2. The van der Waals surface area contributed by atoms with E-state index in [0.29, 0.717) is 24.4 Å². The molecule has 2 aromatic carbocycles. The predicted octanol–water partition coefficient (Wildman–Crippen LogP) is 5.00. The average molecular weight is 508 g/mol. The van der Waals surface area contributed by atoms with Crippen molar-refractivity contribution < 1.29 is 19.1 Å². The van der Waals surface area contributed by atoms with Gasteiger partial charge in [-0.05, 0) is 43.5 Å². The van der Waals surface area contributed by atoms with Gasteiger partial charge in [-0.2, -0.15) is 0 Å². The number of rotatable bonds is 10. The van der Waals surface area contributed by atoms with Crippen LogP contribution in [0.1, 0.15) is 55.8 Å². The highest BCUT2D eigenvalue weighted by Gasteiger charge is 2.30. The Morgan fingerprint density at radius 1 is 0.946 bits per heavy atom. The van der Waals surface area contributed by atoms with Gasteiger partial charge in [0.2, 0.25) is 5.91 Å². The van der Waals surface area contributed by atoms with Gasteiger partial charge in [0, 0.05) is 45.2 Å². The fraction of sp³-hybridized carbons (Fsp3) is 0.533. The first-order valence-electron chi connectivity index (χ1n) is 13.8. The van der Waals surface area contributed by atoms with Gasteiger partial charge in [0.05, 0.1) is 30.7 Å². The third-order valence-electron chi connectivity index (χ3n) is 7.51. The summed E-state index contributed by atoms with van der Waals surface area (Å²) in [7, 11) is 1.71. The summed E-state index contributed by atoms with van der Waals surface area (Å²) in [5.74, 6) is 0.704. The molecule has 2 aromatic rings. The largest absolute Gasteiger partial charge is 0.495 e. The summed E-state index contributed by atoms with van der Waals surface area (Å²) >= 11 is 0. The maximum atomic E-state index is 13.8. The maximum Gasteiger partial charge on any atom is 0.340 e. The van der Waals surface area contributed by atoms with Crippen LogP contribution in [0.5, 0.6) is 5.75 Å². The zero-order chi connectivity index (χ0) is 26.0. The summed E-state index contributed by atoms with van der Waals surface area (Å²) in [4.78, 5) is 33.3. The van der Waals surface area contributed by atoms with Crippen molar-refractivity contribution in [3.8, 4) is 5.75 Å². The fourth-order valence-corrected chi connectivity index (χ4v) is 5.42. The third kappa shape index (κ3) is 6.83. The van der Waals surface area contributed by atoms with Gasteiger partial charge in [0.25, 0.3) is 0 Å². The molecule has 7 nitrogen and oxygen atoms in total. The van der Waals surface area contributed by atoms with Crippen LogP contribution in [0.4, 0.5) is 11.4 Å². The first-order valence-corrected chi connectivity index (χ1v) is 13.8. The number of nitrogens with zero attached hydrogens (tertiary/aromatic N) is 3. The van der Waals surface area contributed by atoms with E-state index in [9.17, 15) is 9.59 Å². The first-order chi connectivity index (χ1) is 18.1. The van der Waals surface area contributed by atoms with E-state index >= 15 is 0 Å². The third-order valence-corrected chi connectivity index (χ3v) is 7.51. The summed E-state index contributed by atoms with van der Waals surface area (Å²) < 4.78 is 11.0. The van der Waals surface area contributed by atoms with Gasteiger partial charge in [-0.1, -0.05) is 50.5 Å². The number of para-hydroxylation sites is 3. The van der Waals surface area contributed by atoms with Crippen LogP contribution in [0.3, 0.4) is 0 Å². The van der Waals surface area contributed by atoms with E-state index < -0.39 is 0 Å². The zero-order valence-corrected chi connectivity index (χ0v) is 22.4. The Bertz CT molecular complexity index is 1030. The number of piperazine rings is 1. The fourth-order valence-electron chi connectivity index (χ4n) is 5.42. The molecular formula is C30H41N3O4. The summed E-state index contributed by atoms with van der Waals surface area (Å²) in [5, 5.41) is 0. The highest BCUT2D eigenvalue weighted by molar-refractivity contribution is 6.03. The molecule has 1 amide bonds. The number of carbonyl (C=O) groups excluding carboxylic acids is 2. The molecule has 0 N–H and O–H groups in total. The molecule has 1 heterocycles. The second kappa shape index (κ2) is 13.5. The quantitative estimate of drug-likeness (QED) is 0.422. The normalized spacial score (nSPS) is 16.9. The summed E-state index contributed by atoms with van der Waals surface area (Å²) in [6, 6.07) is 15.6. The van der Waals surface area contributed by atoms with Gasteiger partial charge in [-0.25, -0.2) is 4.79 Å². The molecule has 1 saturated heterocycles. The molecule has 1 saturated carbocycles. The number of anilines is 2. The van der Waals surface area contributed by atoms with Crippen molar-refractivity contribution in [3.63, 3.8) is 0 Å². The van der Waals surface area contributed by atoms with Gasteiger partial charge in [-0.3, -0.25) is 9.69 Å². The topological polar surface area (TPSA) is 62.3 Å². The standard InChI is InChI=1S/C30H41N3O4/c1-3-23-37-30(35)25-13-7-8-14-26(25)33(29(34)24-11-5-4-6-12-24)22-19-31-17-20-32(21-18-31)27-15-9-10-16-28(27)36-2/h7-10,13-16,24H,3-6,11-12,17-23H2,1-2H3. The van der Waals surface area contributed by atoms with Crippen molar-refractivity contribution in [3.05, 3.63) is 54.1 Å². The Kier molecular flexibility index (Phi) is 9.83. The number of esters is 1. The van der Waals surface area contributed by atoms with E-state index in [2.05, 4.69) is 15.9 Å². The Morgan fingerprint density at radius 3 is 2.38 bits per heavy atom. The van der Waals surface area contributed by atoms with Crippen LogP contribution >= 0.6 is 0 Å². The summed E-state index contributed by atoms with van der Waals surface area (Å²) in [6.45, 7) is 7.28. The van der Waals surface area contributed by atoms with E-state index in [1.165, 1.54) is 6.42 Å². The van der Waals surface area contributed by atoms with E-state index in [0.717, 1.165) is 76.3 Å². The van der Waals surface area contributed by atoms with Gasteiger partial charge in [0.15, 0.2) is 0 Å². The predicted molar refractivity (Wildman–Crippen MR) is 148 cm³/mol. The minimum Gasteiger partial charge on any atom is -0.495 e. The van der Waals surface area contributed by atoms with Crippen LogP contribution in [-0.2, 0) is 9.53 Å². The Morgan fingerprint density at radius 2 is 1.65 bits per heavy atom. The lowest BCUT2D eigenvalue weighted by Gasteiger charge is -2.38. The van der Waals surface area contributed by atoms with Crippen LogP contribution in [0.2, 0.25) is 0 Å². The van der Waals surface area contributed by atoms with Crippen molar-refractivity contribution >= 4 is 23.3 Å². The molecule has 2 aliphatic rings. The molecule has 200 valence electrons. The zero-order valence-electron chi connectivity index (χ0n) is 22.4. The van der Waals surface area contributed by atoms with E-state index in [1.54, 1.807) is 13.2 Å². The second-order valence-corrected chi connectivity index (χ2v) is 9.98. The molecule has 0 aromatic heterocycles. The minimum absolute atomic E-state index is 0.0239. The number of hydrogen-bond acceptors (Lipinski definition) is 6. The number of ether oxygens (including phenoxy) is 2. The van der Waals surface area contributed by atoms with Crippen molar-refractivity contribution in [2.75, 3.05) is 62.8 Å². The number of amides is 1. The number of methoxy groups -OCH3 is 1. The lowest BCUT2D eigenvalue weighted by molar-refractivity contribution is -0.123. The molecule has 7 heteroatoms.